The number of unbranched alkanes of at least 4 members (excludes halogenated alkanes) is 39. The van der Waals surface area contributed by atoms with E-state index >= 15 is 0 Å². The number of ether oxygens (including phenoxy) is 4. The van der Waals surface area contributed by atoms with Gasteiger partial charge in [0, 0.05) is 25.7 Å². The fraction of sp³-hybridized carbons (Fsp3) is 0.949. The second-order valence-electron chi connectivity index (χ2n) is 29.5. The van der Waals surface area contributed by atoms with Gasteiger partial charge >= 0.3 is 39.5 Å². The predicted molar refractivity (Wildman–Crippen MR) is 395 cm³/mol. The molecule has 0 aliphatic carbocycles. The molecular formula is C78H152O17P2. The van der Waals surface area contributed by atoms with E-state index in [9.17, 15) is 43.2 Å². The van der Waals surface area contributed by atoms with Crippen LogP contribution in [0.25, 0.3) is 0 Å². The van der Waals surface area contributed by atoms with E-state index in [4.69, 9.17) is 37.0 Å². The first-order valence-electron chi connectivity index (χ1n) is 40.3. The monoisotopic (exact) mass is 1420 g/mol. The summed E-state index contributed by atoms with van der Waals surface area (Å²) in [6.07, 6.45) is 52.6. The molecule has 97 heavy (non-hydrogen) atoms. The molecule has 0 aromatic heterocycles. The normalized spacial score (nSPS) is 14.6. The number of hydrogen-bond donors (Lipinski definition) is 3. The molecule has 0 spiro atoms. The fourth-order valence-electron chi connectivity index (χ4n) is 11.8. The zero-order chi connectivity index (χ0) is 71.7. The summed E-state index contributed by atoms with van der Waals surface area (Å²) in [7, 11) is -9.92. The first-order chi connectivity index (χ1) is 46.7. The van der Waals surface area contributed by atoms with Gasteiger partial charge in [-0.2, -0.15) is 0 Å². The molecule has 17 nitrogen and oxygen atoms in total. The van der Waals surface area contributed by atoms with Gasteiger partial charge in [0.15, 0.2) is 12.2 Å². The molecule has 0 aliphatic rings. The standard InChI is InChI=1S/C78H152O17P2/c1-9-70(7)56-48-40-32-26-22-23-27-33-42-50-58-75(80)88-64-73(94-77(82)61-53-45-35-29-21-17-16-19-25-31-39-47-55-69(5)6)66-92-96(84,85)90-62-72(79)63-91-97(86,87)93-67-74(65-89-76(81)59-51-43-37-36-41-49-57-71(8)10-2)95-78(83)60-52-44-34-28-20-15-13-11-12-14-18-24-30-38-46-54-68(3)4/h68-74,79H,9-67H2,1-8H3,(H,84,85)(H,86,87)/t70?,71?,72-,73-,74-/m1/s1. The number of phosphoric ester groups is 2. The number of esters is 4. The first-order valence-corrected chi connectivity index (χ1v) is 43.3. The average Bonchev–Trinajstić information content (AvgIpc) is 1.34. The highest BCUT2D eigenvalue weighted by Crippen LogP contribution is 2.45. The quantitative estimate of drug-likeness (QED) is 0.0222. The molecule has 4 unspecified atom stereocenters. The van der Waals surface area contributed by atoms with Crippen LogP contribution < -0.4 is 0 Å². The number of aliphatic hydroxyl groups is 1. The number of carbonyl (C=O) groups is 4. The largest absolute Gasteiger partial charge is 0.472 e. The van der Waals surface area contributed by atoms with E-state index in [1.165, 1.54) is 193 Å². The van der Waals surface area contributed by atoms with Crippen LogP contribution in [0.15, 0.2) is 0 Å². The first kappa shape index (κ1) is 95.1. The van der Waals surface area contributed by atoms with Gasteiger partial charge in [0.1, 0.15) is 19.3 Å². The molecule has 576 valence electrons. The highest BCUT2D eigenvalue weighted by molar-refractivity contribution is 7.47. The Hall–Kier alpha value is -1.94. The van der Waals surface area contributed by atoms with Crippen LogP contribution in [-0.4, -0.2) is 96.7 Å². The second kappa shape index (κ2) is 67.2. The molecule has 3 N–H and O–H groups in total. The summed E-state index contributed by atoms with van der Waals surface area (Å²) in [6, 6.07) is 0. The summed E-state index contributed by atoms with van der Waals surface area (Å²) in [5.41, 5.74) is 0. The molecule has 0 fully saturated rings. The molecule has 0 heterocycles. The molecule has 0 rings (SSSR count). The van der Waals surface area contributed by atoms with E-state index < -0.39 is 97.5 Å². The van der Waals surface area contributed by atoms with E-state index in [2.05, 4.69) is 55.4 Å². The third kappa shape index (κ3) is 69.5. The predicted octanol–water partition coefficient (Wildman–Crippen LogP) is 22.8. The number of rotatable bonds is 75. The number of carbonyl (C=O) groups excluding carboxylic acids is 4. The lowest BCUT2D eigenvalue weighted by molar-refractivity contribution is -0.161. The van der Waals surface area contributed by atoms with Crippen LogP contribution in [0.4, 0.5) is 0 Å². The van der Waals surface area contributed by atoms with Gasteiger partial charge in [-0.1, -0.05) is 344 Å². The summed E-state index contributed by atoms with van der Waals surface area (Å²) < 4.78 is 68.6. The van der Waals surface area contributed by atoms with E-state index in [1.807, 2.05) is 0 Å². The molecule has 0 radical (unpaired) electrons. The lowest BCUT2D eigenvalue weighted by Gasteiger charge is -2.21. The van der Waals surface area contributed by atoms with Gasteiger partial charge in [-0.25, -0.2) is 9.13 Å². The van der Waals surface area contributed by atoms with Crippen molar-refractivity contribution in [3.8, 4) is 0 Å². The minimum absolute atomic E-state index is 0.106. The van der Waals surface area contributed by atoms with Gasteiger partial charge in [-0.3, -0.25) is 37.3 Å². The Morgan fingerprint density at radius 1 is 0.289 bits per heavy atom. The SMILES string of the molecule is CCC(C)CCCCCCCCCCCCC(=O)OC[C@H](COP(=O)(O)OC[C@@H](O)COP(=O)(O)OC[C@@H](COC(=O)CCCCCCCCC(C)CC)OC(=O)CCCCCCCCCCCCCCCCCC(C)C)OC(=O)CCCCCCCCCCCCCCC(C)C. The van der Waals surface area contributed by atoms with Crippen LogP contribution in [-0.2, 0) is 65.4 Å². The summed E-state index contributed by atoms with van der Waals surface area (Å²) >= 11 is 0. The van der Waals surface area contributed by atoms with E-state index in [0.717, 1.165) is 120 Å². The van der Waals surface area contributed by atoms with Crippen LogP contribution in [0, 0.1) is 23.7 Å². The Labute approximate surface area is 594 Å². The Balaban J connectivity index is 5.25. The van der Waals surface area contributed by atoms with Crippen molar-refractivity contribution in [1.29, 1.82) is 0 Å². The fourth-order valence-corrected chi connectivity index (χ4v) is 13.4. The van der Waals surface area contributed by atoms with Crippen molar-refractivity contribution in [2.45, 2.75) is 414 Å². The molecule has 0 aliphatic heterocycles. The van der Waals surface area contributed by atoms with Gasteiger partial charge in [0.2, 0.25) is 0 Å². The number of aliphatic hydroxyl groups excluding tert-OH is 1. The Bertz CT molecular complexity index is 1910. The van der Waals surface area contributed by atoms with Gasteiger partial charge in [-0.05, 0) is 49.4 Å². The second-order valence-corrected chi connectivity index (χ2v) is 32.4. The maximum Gasteiger partial charge on any atom is 0.472 e. The third-order valence-electron chi connectivity index (χ3n) is 18.8. The smallest absolute Gasteiger partial charge is 0.462 e. The summed E-state index contributed by atoms with van der Waals surface area (Å²) in [5.74, 6) is 1.00. The minimum atomic E-state index is -4.96. The van der Waals surface area contributed by atoms with Crippen LogP contribution in [0.1, 0.15) is 396 Å². The van der Waals surface area contributed by atoms with Crippen LogP contribution >= 0.6 is 15.6 Å². The number of phosphoric acid groups is 2. The lowest BCUT2D eigenvalue weighted by atomic mass is 9.99. The van der Waals surface area contributed by atoms with E-state index in [0.29, 0.717) is 25.7 Å². The third-order valence-corrected chi connectivity index (χ3v) is 20.7. The lowest BCUT2D eigenvalue weighted by Crippen LogP contribution is -2.30. The minimum Gasteiger partial charge on any atom is -0.462 e. The van der Waals surface area contributed by atoms with Gasteiger partial charge in [-0.15, -0.1) is 0 Å². The molecule has 0 aromatic carbocycles. The molecule has 7 atom stereocenters. The summed E-state index contributed by atoms with van der Waals surface area (Å²) in [5, 5.41) is 10.6. The number of hydrogen-bond acceptors (Lipinski definition) is 15. The molecule has 19 heteroatoms. The zero-order valence-corrected chi connectivity index (χ0v) is 65.5. The van der Waals surface area contributed by atoms with Crippen molar-refractivity contribution in [3.63, 3.8) is 0 Å². The maximum atomic E-state index is 13.1. The van der Waals surface area contributed by atoms with E-state index in [-0.39, 0.29) is 25.7 Å². The van der Waals surface area contributed by atoms with Crippen LogP contribution in [0.5, 0.6) is 0 Å². The van der Waals surface area contributed by atoms with Crippen molar-refractivity contribution in [3.05, 3.63) is 0 Å². The van der Waals surface area contributed by atoms with Crippen LogP contribution in [0.2, 0.25) is 0 Å². The molecular weight excluding hydrogens is 1270 g/mol. The van der Waals surface area contributed by atoms with Crippen molar-refractivity contribution in [2.75, 3.05) is 39.6 Å². The van der Waals surface area contributed by atoms with Crippen molar-refractivity contribution in [2.24, 2.45) is 23.7 Å². The average molecular weight is 1420 g/mol. The van der Waals surface area contributed by atoms with Crippen molar-refractivity contribution in [1.82, 2.24) is 0 Å². The van der Waals surface area contributed by atoms with Crippen molar-refractivity contribution >= 4 is 39.5 Å². The summed E-state index contributed by atoms with van der Waals surface area (Å²) in [4.78, 5) is 72.9. The molecule has 0 aromatic rings. The van der Waals surface area contributed by atoms with Gasteiger partial charge in [0.05, 0.1) is 26.4 Å². The highest BCUT2D eigenvalue weighted by Gasteiger charge is 2.30. The topological polar surface area (TPSA) is 237 Å². The molecule has 0 amide bonds. The highest BCUT2D eigenvalue weighted by atomic mass is 31.2. The Morgan fingerprint density at radius 2 is 0.495 bits per heavy atom. The molecule has 0 bridgehead atoms. The summed E-state index contributed by atoms with van der Waals surface area (Å²) in [6.45, 7) is 14.2. The van der Waals surface area contributed by atoms with Crippen molar-refractivity contribution < 1.29 is 80.2 Å². The van der Waals surface area contributed by atoms with Crippen LogP contribution in [0.3, 0.4) is 0 Å². The maximum absolute atomic E-state index is 13.1. The molecule has 0 saturated carbocycles. The Kier molecular flexibility index (Phi) is 65.9. The zero-order valence-electron chi connectivity index (χ0n) is 63.7. The van der Waals surface area contributed by atoms with Gasteiger partial charge < -0.3 is 33.8 Å². The molecule has 0 saturated heterocycles. The van der Waals surface area contributed by atoms with Gasteiger partial charge in [0.25, 0.3) is 0 Å². The Morgan fingerprint density at radius 3 is 0.732 bits per heavy atom. The van der Waals surface area contributed by atoms with E-state index in [1.54, 1.807) is 0 Å².